The Morgan fingerprint density at radius 2 is 1.64 bits per heavy atom. The first-order chi connectivity index (χ1) is 13.6. The molecule has 3 aromatic carbocycles. The first-order valence-corrected chi connectivity index (χ1v) is 9.45. The molecule has 28 heavy (non-hydrogen) atoms. The Kier molecular flexibility index (Phi) is 4.94. The lowest BCUT2D eigenvalue weighted by Gasteiger charge is -2.29. The number of aryl methyl sites for hydroxylation is 1. The van der Waals surface area contributed by atoms with Gasteiger partial charge in [0.05, 0.1) is 0 Å². The van der Waals surface area contributed by atoms with Gasteiger partial charge < -0.3 is 10.2 Å². The quantitative estimate of drug-likeness (QED) is 0.741. The lowest BCUT2D eigenvalue weighted by Crippen LogP contribution is -2.36. The summed E-state index contributed by atoms with van der Waals surface area (Å²) in [5, 5.41) is 2.98. The maximum Gasteiger partial charge on any atom is 0.255 e. The van der Waals surface area contributed by atoms with Gasteiger partial charge in [0.1, 0.15) is 0 Å². The molecule has 4 nitrogen and oxygen atoms in total. The van der Waals surface area contributed by atoms with Crippen LogP contribution in [0.3, 0.4) is 0 Å². The van der Waals surface area contributed by atoms with E-state index in [-0.39, 0.29) is 11.8 Å². The lowest BCUT2D eigenvalue weighted by molar-refractivity contribution is 0.0734. The number of nitrogens with zero attached hydrogens (tertiary/aromatic N) is 1. The number of benzene rings is 3. The molecule has 0 fully saturated rings. The Morgan fingerprint density at radius 1 is 0.893 bits per heavy atom. The topological polar surface area (TPSA) is 49.4 Å². The molecule has 2 amide bonds. The van der Waals surface area contributed by atoms with Gasteiger partial charge in [-0.05, 0) is 60.4 Å². The Labute approximate surface area is 164 Å². The SMILES string of the molecule is Cc1ccccc1C(=O)Nc1ccc2c(c1)CN(C(=O)c1ccccc1)CC2. The third kappa shape index (κ3) is 3.67. The first-order valence-electron chi connectivity index (χ1n) is 9.45. The molecular weight excluding hydrogens is 348 g/mol. The van der Waals surface area contributed by atoms with E-state index < -0.39 is 0 Å². The van der Waals surface area contributed by atoms with Gasteiger partial charge in [-0.3, -0.25) is 9.59 Å². The van der Waals surface area contributed by atoms with Crippen LogP contribution < -0.4 is 5.32 Å². The Hall–Kier alpha value is -3.40. The number of nitrogens with one attached hydrogen (secondary N) is 1. The highest BCUT2D eigenvalue weighted by atomic mass is 16.2. The molecule has 1 N–H and O–H groups in total. The zero-order valence-electron chi connectivity index (χ0n) is 15.8. The molecule has 1 aliphatic heterocycles. The highest BCUT2D eigenvalue weighted by Crippen LogP contribution is 2.24. The molecule has 0 bridgehead atoms. The van der Waals surface area contributed by atoms with Crippen LogP contribution in [0.5, 0.6) is 0 Å². The minimum Gasteiger partial charge on any atom is -0.334 e. The van der Waals surface area contributed by atoms with Crippen LogP contribution >= 0.6 is 0 Å². The van der Waals surface area contributed by atoms with Crippen molar-refractivity contribution in [1.29, 1.82) is 0 Å². The lowest BCUT2D eigenvalue weighted by atomic mass is 9.98. The number of carbonyl (C=O) groups is 2. The molecule has 0 atom stereocenters. The van der Waals surface area contributed by atoms with E-state index in [4.69, 9.17) is 0 Å². The fourth-order valence-electron chi connectivity index (χ4n) is 3.60. The van der Waals surface area contributed by atoms with Crippen molar-refractivity contribution in [2.24, 2.45) is 0 Å². The molecule has 4 heteroatoms. The standard InChI is InChI=1S/C24H22N2O2/c1-17-7-5-6-10-22(17)23(27)25-21-12-11-18-13-14-26(16-20(18)15-21)24(28)19-8-3-2-4-9-19/h2-12,15H,13-14,16H2,1H3,(H,25,27). The number of rotatable bonds is 3. The summed E-state index contributed by atoms with van der Waals surface area (Å²) in [6, 6.07) is 22.9. The van der Waals surface area contributed by atoms with Gasteiger partial charge in [0.25, 0.3) is 11.8 Å². The second-order valence-electron chi connectivity index (χ2n) is 7.10. The van der Waals surface area contributed by atoms with Crippen LogP contribution in [-0.2, 0) is 13.0 Å². The largest absolute Gasteiger partial charge is 0.334 e. The summed E-state index contributed by atoms with van der Waals surface area (Å²) in [6.45, 7) is 3.18. The van der Waals surface area contributed by atoms with Gasteiger partial charge in [-0.1, -0.05) is 42.5 Å². The average molecular weight is 370 g/mol. The number of fused-ring (bicyclic) bond motifs is 1. The highest BCUT2D eigenvalue weighted by molar-refractivity contribution is 6.05. The summed E-state index contributed by atoms with van der Waals surface area (Å²) in [6.07, 6.45) is 0.819. The van der Waals surface area contributed by atoms with Crippen LogP contribution in [0.25, 0.3) is 0 Å². The summed E-state index contributed by atoms with van der Waals surface area (Å²) < 4.78 is 0. The first kappa shape index (κ1) is 18.0. The predicted octanol–water partition coefficient (Wildman–Crippen LogP) is 4.45. The predicted molar refractivity (Wildman–Crippen MR) is 110 cm³/mol. The van der Waals surface area contributed by atoms with Gasteiger partial charge in [0.2, 0.25) is 0 Å². The second kappa shape index (κ2) is 7.69. The molecule has 1 aliphatic rings. The van der Waals surface area contributed by atoms with Crippen LogP contribution in [0, 0.1) is 6.92 Å². The zero-order valence-corrected chi connectivity index (χ0v) is 15.8. The van der Waals surface area contributed by atoms with E-state index in [0.717, 1.165) is 23.2 Å². The van der Waals surface area contributed by atoms with E-state index in [1.165, 1.54) is 5.56 Å². The summed E-state index contributed by atoms with van der Waals surface area (Å²) >= 11 is 0. The molecule has 0 spiro atoms. The van der Waals surface area contributed by atoms with E-state index in [0.29, 0.717) is 24.2 Å². The van der Waals surface area contributed by atoms with Crippen molar-refractivity contribution < 1.29 is 9.59 Å². The Morgan fingerprint density at radius 3 is 2.43 bits per heavy atom. The molecule has 4 rings (SSSR count). The van der Waals surface area contributed by atoms with Crippen LogP contribution in [0.1, 0.15) is 37.4 Å². The van der Waals surface area contributed by atoms with Gasteiger partial charge in [-0.15, -0.1) is 0 Å². The minimum absolute atomic E-state index is 0.0422. The molecule has 0 aliphatic carbocycles. The van der Waals surface area contributed by atoms with E-state index in [1.54, 1.807) is 0 Å². The van der Waals surface area contributed by atoms with Crippen LogP contribution in [0.15, 0.2) is 72.8 Å². The van der Waals surface area contributed by atoms with Crippen molar-refractivity contribution in [2.45, 2.75) is 19.9 Å². The number of hydrogen-bond donors (Lipinski definition) is 1. The van der Waals surface area contributed by atoms with Gasteiger partial charge in [-0.25, -0.2) is 0 Å². The molecule has 0 saturated heterocycles. The normalized spacial score (nSPS) is 13.0. The van der Waals surface area contributed by atoms with Crippen LogP contribution in [-0.4, -0.2) is 23.3 Å². The van der Waals surface area contributed by atoms with Gasteiger partial charge in [-0.2, -0.15) is 0 Å². The fraction of sp³-hybridized carbons (Fsp3) is 0.167. The summed E-state index contributed by atoms with van der Waals surface area (Å²) in [7, 11) is 0. The monoisotopic (exact) mass is 370 g/mol. The highest BCUT2D eigenvalue weighted by Gasteiger charge is 2.22. The van der Waals surface area contributed by atoms with Gasteiger partial charge in [0, 0.05) is 29.9 Å². The average Bonchev–Trinajstić information content (AvgIpc) is 2.73. The summed E-state index contributed by atoms with van der Waals surface area (Å²) in [4.78, 5) is 27.2. The molecule has 3 aromatic rings. The van der Waals surface area contributed by atoms with Gasteiger partial charge in [0.15, 0.2) is 0 Å². The molecule has 0 unspecified atom stereocenters. The van der Waals surface area contributed by atoms with Crippen LogP contribution in [0.2, 0.25) is 0 Å². The van der Waals surface area contributed by atoms with E-state index in [2.05, 4.69) is 5.32 Å². The van der Waals surface area contributed by atoms with E-state index in [1.807, 2.05) is 84.6 Å². The van der Waals surface area contributed by atoms with E-state index in [9.17, 15) is 9.59 Å². The van der Waals surface area contributed by atoms with Crippen molar-refractivity contribution in [3.05, 3.63) is 101 Å². The van der Waals surface area contributed by atoms with Crippen molar-refractivity contribution >= 4 is 17.5 Å². The number of hydrogen-bond acceptors (Lipinski definition) is 2. The molecular formula is C24H22N2O2. The Balaban J connectivity index is 1.52. The number of amides is 2. The fourth-order valence-corrected chi connectivity index (χ4v) is 3.60. The minimum atomic E-state index is -0.119. The second-order valence-corrected chi connectivity index (χ2v) is 7.10. The molecule has 0 aromatic heterocycles. The third-order valence-corrected chi connectivity index (χ3v) is 5.17. The molecule has 1 heterocycles. The summed E-state index contributed by atoms with van der Waals surface area (Å²) in [5.41, 5.74) is 5.37. The molecule has 0 saturated carbocycles. The van der Waals surface area contributed by atoms with E-state index >= 15 is 0 Å². The van der Waals surface area contributed by atoms with Gasteiger partial charge >= 0.3 is 0 Å². The molecule has 0 radical (unpaired) electrons. The maximum absolute atomic E-state index is 12.8. The van der Waals surface area contributed by atoms with Crippen molar-refractivity contribution in [1.82, 2.24) is 4.90 Å². The smallest absolute Gasteiger partial charge is 0.255 e. The maximum atomic E-state index is 12.8. The molecule has 140 valence electrons. The van der Waals surface area contributed by atoms with Crippen molar-refractivity contribution in [2.75, 3.05) is 11.9 Å². The van der Waals surface area contributed by atoms with Crippen molar-refractivity contribution in [3.63, 3.8) is 0 Å². The third-order valence-electron chi connectivity index (χ3n) is 5.17. The number of carbonyl (C=O) groups excluding carboxylic acids is 2. The number of anilines is 1. The Bertz CT molecular complexity index is 1030. The summed E-state index contributed by atoms with van der Waals surface area (Å²) in [5.74, 6) is -0.0772. The zero-order chi connectivity index (χ0) is 19.5. The van der Waals surface area contributed by atoms with Crippen LogP contribution in [0.4, 0.5) is 5.69 Å². The van der Waals surface area contributed by atoms with Crippen molar-refractivity contribution in [3.8, 4) is 0 Å².